The van der Waals surface area contributed by atoms with Crippen molar-refractivity contribution in [2.45, 2.75) is 18.9 Å². The predicted molar refractivity (Wildman–Crippen MR) is 94.9 cm³/mol. The van der Waals surface area contributed by atoms with Crippen LogP contribution in [0.25, 0.3) is 0 Å². The molecule has 2 aromatic rings. The number of halogens is 2. The van der Waals surface area contributed by atoms with Gasteiger partial charge in [0.05, 0.1) is 13.2 Å². The molecule has 3 rings (SSSR count). The zero-order chi connectivity index (χ0) is 15.4. The smallest absolute Gasteiger partial charge is 0.488 e. The monoisotopic (exact) mass is 390 g/mol. The summed E-state index contributed by atoms with van der Waals surface area (Å²) in [6.45, 7) is 1.50. The van der Waals surface area contributed by atoms with E-state index in [1.54, 1.807) is 0 Å². The zero-order valence-electron chi connectivity index (χ0n) is 12.2. The van der Waals surface area contributed by atoms with Crippen LogP contribution in [0.1, 0.15) is 17.5 Å². The predicted octanol–water partition coefficient (Wildman–Crippen LogP) is 3.74. The van der Waals surface area contributed by atoms with Crippen molar-refractivity contribution in [2.24, 2.45) is 0 Å². The fraction of sp³-hybridized carbons (Fsp3) is 0.294. The first-order valence-corrected chi connectivity index (χ1v) is 12.4. The maximum atomic E-state index is 6.31. The molecule has 0 aliphatic carbocycles. The fourth-order valence-corrected chi connectivity index (χ4v) is 4.31. The molecule has 1 aliphatic rings. The van der Waals surface area contributed by atoms with E-state index in [2.05, 4.69) is 37.1 Å². The first-order valence-electron chi connectivity index (χ1n) is 7.41. The molecule has 0 amide bonds. The summed E-state index contributed by atoms with van der Waals surface area (Å²) in [5.41, 5.74) is 2.43. The van der Waals surface area contributed by atoms with Crippen molar-refractivity contribution < 1.29 is 9.47 Å². The Hall–Kier alpha value is -0.264. The summed E-state index contributed by atoms with van der Waals surface area (Å²) < 4.78 is 12.6. The largest absolute Gasteiger partial charge is 0.506 e. The van der Waals surface area contributed by atoms with Gasteiger partial charge < -0.3 is 9.47 Å². The maximum Gasteiger partial charge on any atom is 0.506 e. The van der Waals surface area contributed by atoms with E-state index < -0.39 is 0 Å². The third-order valence-corrected chi connectivity index (χ3v) is 6.83. The van der Waals surface area contributed by atoms with Crippen molar-refractivity contribution in [1.29, 1.82) is 0 Å². The van der Waals surface area contributed by atoms with Gasteiger partial charge in [0.1, 0.15) is 11.9 Å². The van der Waals surface area contributed by atoms with Gasteiger partial charge in [-0.15, -0.1) is 0 Å². The van der Waals surface area contributed by atoms with E-state index in [-0.39, 0.29) is 24.3 Å². The van der Waals surface area contributed by atoms with Gasteiger partial charge in [-0.05, 0) is 35.7 Å². The van der Waals surface area contributed by atoms with E-state index in [0.717, 1.165) is 30.2 Å². The van der Waals surface area contributed by atoms with Gasteiger partial charge >= 0.3 is 18.2 Å². The number of hydrogen-bond acceptors (Lipinski definition) is 2. The second-order valence-electron chi connectivity index (χ2n) is 5.48. The van der Waals surface area contributed by atoms with Crippen LogP contribution in [0.5, 0.6) is 5.75 Å². The molecule has 0 N–H and O–H groups in total. The van der Waals surface area contributed by atoms with E-state index in [9.17, 15) is 0 Å². The Morgan fingerprint density at radius 3 is 2.73 bits per heavy atom. The highest BCUT2D eigenvalue weighted by Gasteiger charge is 2.16. The standard InChI is InChI=1S/C17H16ClO2.BrH.Mg/c18-17-4-2-1-3-14(17)11-13-5-7-15(8-6-13)20-16-9-10-19-12-16;;/h2-8,16H,9-12H2;1H;/q;;+1/p-1/t16-;;/m0../s1. The summed E-state index contributed by atoms with van der Waals surface area (Å²) in [5, 5.41) is 0.835. The van der Waals surface area contributed by atoms with Gasteiger partial charge in [-0.3, -0.25) is 12.9 Å². The van der Waals surface area contributed by atoms with Gasteiger partial charge in [-0.1, -0.05) is 35.9 Å². The Balaban J connectivity index is 1.67. The van der Waals surface area contributed by atoms with E-state index in [1.165, 1.54) is 14.8 Å². The third kappa shape index (κ3) is 4.39. The van der Waals surface area contributed by atoms with Gasteiger partial charge in [-0.2, -0.15) is 3.69 Å². The topological polar surface area (TPSA) is 18.5 Å². The molecule has 0 saturated carbocycles. The van der Waals surface area contributed by atoms with Crippen molar-refractivity contribution in [3.8, 4) is 5.75 Å². The molecule has 1 heterocycles. The van der Waals surface area contributed by atoms with Crippen LogP contribution in [-0.2, 0) is 11.2 Å². The molecule has 112 valence electrons. The van der Waals surface area contributed by atoms with Crippen molar-refractivity contribution in [3.63, 3.8) is 0 Å². The van der Waals surface area contributed by atoms with Crippen LogP contribution in [0, 0.1) is 0 Å². The normalized spacial score (nSPS) is 17.3. The fourth-order valence-electron chi connectivity index (χ4n) is 2.55. The number of rotatable bonds is 5. The Kier molecular flexibility index (Phi) is 6.05. The van der Waals surface area contributed by atoms with Crippen LogP contribution in [0.2, 0.25) is 5.02 Å². The van der Waals surface area contributed by atoms with Gasteiger partial charge in [0.25, 0.3) is 0 Å². The number of benzene rings is 2. The first-order chi connectivity index (χ1) is 10.7. The van der Waals surface area contributed by atoms with Crippen LogP contribution in [0.3, 0.4) is 0 Å². The molecule has 0 aromatic heterocycles. The van der Waals surface area contributed by atoms with Crippen LogP contribution in [-0.4, -0.2) is 37.5 Å². The summed E-state index contributed by atoms with van der Waals surface area (Å²) in [7, 11) is 0. The molecule has 0 unspecified atom stereocenters. The zero-order valence-corrected chi connectivity index (χ0v) is 16.0. The van der Waals surface area contributed by atoms with Crippen LogP contribution < -0.4 is 8.43 Å². The number of hydrogen-bond donors (Lipinski definition) is 0. The molecule has 2 nitrogen and oxygen atoms in total. The molecule has 0 bridgehead atoms. The molecule has 22 heavy (non-hydrogen) atoms. The van der Waals surface area contributed by atoms with E-state index >= 15 is 0 Å². The molecule has 1 fully saturated rings. The van der Waals surface area contributed by atoms with Crippen molar-refractivity contribution >= 4 is 46.4 Å². The lowest BCUT2D eigenvalue weighted by atomic mass is 10.0. The molecule has 0 radical (unpaired) electrons. The lowest BCUT2D eigenvalue weighted by Crippen LogP contribution is -2.15. The molecule has 5 heteroatoms. The first kappa shape index (κ1) is 16.6. The minimum absolute atomic E-state index is 0.195. The van der Waals surface area contributed by atoms with Gasteiger partial charge in [0.2, 0.25) is 0 Å². The van der Waals surface area contributed by atoms with Crippen LogP contribution in [0.15, 0.2) is 42.5 Å². The molecule has 0 spiro atoms. The van der Waals surface area contributed by atoms with Gasteiger partial charge in [0.15, 0.2) is 0 Å². The highest BCUT2D eigenvalue weighted by molar-refractivity contribution is 9.23. The average Bonchev–Trinajstić information content (AvgIpc) is 3.04. The summed E-state index contributed by atoms with van der Waals surface area (Å²) >= 11 is 9.60. The summed E-state index contributed by atoms with van der Waals surface area (Å²) in [4.78, 5) is 0. The third-order valence-electron chi connectivity index (χ3n) is 3.77. The van der Waals surface area contributed by atoms with E-state index in [4.69, 9.17) is 21.1 Å². The van der Waals surface area contributed by atoms with Crippen molar-refractivity contribution in [3.05, 3.63) is 58.6 Å². The molecule has 1 aliphatic heterocycles. The average molecular weight is 392 g/mol. The molecule has 1 atom stereocenters. The highest BCUT2D eigenvalue weighted by atomic mass is 79.9. The SMILES string of the molecule is Clc1cc[c]([Mg][Br])cc1Cc1ccc(O[C@H]2CCOC2)cc1. The minimum Gasteiger partial charge on any atom is -0.488 e. The molecule has 2 aromatic carbocycles. The minimum atomic E-state index is -0.332. The Morgan fingerprint density at radius 1 is 1.23 bits per heavy atom. The Morgan fingerprint density at radius 2 is 2.05 bits per heavy atom. The van der Waals surface area contributed by atoms with E-state index in [1.807, 2.05) is 18.2 Å². The Labute approximate surface area is 151 Å². The highest BCUT2D eigenvalue weighted by Crippen LogP contribution is 2.21. The second-order valence-corrected chi connectivity index (χ2v) is 8.66. The van der Waals surface area contributed by atoms with Crippen LogP contribution in [0.4, 0.5) is 0 Å². The summed E-state index contributed by atoms with van der Waals surface area (Å²) in [6, 6.07) is 14.6. The Bertz CT molecular complexity index is 627. The maximum absolute atomic E-state index is 6.31. The number of ether oxygens (including phenoxy) is 2. The van der Waals surface area contributed by atoms with E-state index in [0.29, 0.717) is 6.61 Å². The van der Waals surface area contributed by atoms with Crippen LogP contribution >= 0.6 is 24.5 Å². The molecule has 1 saturated heterocycles. The molecular weight excluding hydrogens is 376 g/mol. The summed E-state index contributed by atoms with van der Waals surface area (Å²) in [6.07, 6.45) is 2.02. The van der Waals surface area contributed by atoms with Crippen molar-refractivity contribution in [2.75, 3.05) is 13.2 Å². The second kappa shape index (κ2) is 8.02. The summed E-state index contributed by atoms with van der Waals surface area (Å²) in [5.74, 6) is 0.909. The lowest BCUT2D eigenvalue weighted by molar-refractivity contribution is 0.141. The van der Waals surface area contributed by atoms with Gasteiger partial charge in [0, 0.05) is 11.4 Å². The van der Waals surface area contributed by atoms with Crippen molar-refractivity contribution in [1.82, 2.24) is 0 Å². The molecular formula is C17H16BrClMgO2. The quantitative estimate of drug-likeness (QED) is 0.723. The lowest BCUT2D eigenvalue weighted by Gasteiger charge is -2.12. The van der Waals surface area contributed by atoms with Gasteiger partial charge in [-0.25, -0.2) is 0 Å².